The van der Waals surface area contributed by atoms with E-state index in [0.717, 1.165) is 5.56 Å². The number of hydrogen-bond acceptors (Lipinski definition) is 3. The van der Waals surface area contributed by atoms with Crippen molar-refractivity contribution in [3.63, 3.8) is 0 Å². The van der Waals surface area contributed by atoms with Crippen LogP contribution in [0.4, 0.5) is 10.1 Å². The summed E-state index contributed by atoms with van der Waals surface area (Å²) in [5, 5.41) is 8.09. The fourth-order valence-corrected chi connectivity index (χ4v) is 1.70. The van der Waals surface area contributed by atoms with Crippen molar-refractivity contribution in [1.82, 2.24) is 14.6 Å². The van der Waals surface area contributed by atoms with Gasteiger partial charge in [-0.3, -0.25) is 4.40 Å². The average Bonchev–Trinajstić information content (AvgIpc) is 2.73. The Kier molecular flexibility index (Phi) is 4.69. The van der Waals surface area contributed by atoms with Gasteiger partial charge in [-0.2, -0.15) is 0 Å². The van der Waals surface area contributed by atoms with E-state index in [1.807, 2.05) is 0 Å². The SMILES string of the molecule is Cl.Cl.Nc1ccc2nnc(-c3ccc(F)cc3)n2c1. The van der Waals surface area contributed by atoms with Crippen molar-refractivity contribution < 1.29 is 4.39 Å². The molecule has 0 aliphatic rings. The van der Waals surface area contributed by atoms with Crippen LogP contribution in [0.5, 0.6) is 0 Å². The highest BCUT2D eigenvalue weighted by molar-refractivity contribution is 5.85. The van der Waals surface area contributed by atoms with Crippen molar-refractivity contribution in [2.75, 3.05) is 5.73 Å². The van der Waals surface area contributed by atoms with E-state index in [4.69, 9.17) is 5.73 Å². The first-order valence-corrected chi connectivity index (χ1v) is 5.10. The molecule has 0 saturated heterocycles. The van der Waals surface area contributed by atoms with Gasteiger partial charge in [0, 0.05) is 17.4 Å². The Morgan fingerprint density at radius 2 is 1.63 bits per heavy atom. The van der Waals surface area contributed by atoms with E-state index >= 15 is 0 Å². The minimum atomic E-state index is -0.276. The predicted molar refractivity (Wildman–Crippen MR) is 77.3 cm³/mol. The van der Waals surface area contributed by atoms with Crippen LogP contribution in [0, 0.1) is 5.82 Å². The predicted octanol–water partition coefficient (Wildman–Crippen LogP) is 2.96. The smallest absolute Gasteiger partial charge is 0.168 e. The standard InChI is InChI=1S/C12H9FN4.2ClH/c13-9-3-1-8(2-4-9)12-16-15-11-6-5-10(14)7-17(11)12;;/h1-7H,14H2;2*1H. The third kappa shape index (κ3) is 2.77. The Morgan fingerprint density at radius 1 is 0.947 bits per heavy atom. The lowest BCUT2D eigenvalue weighted by atomic mass is 10.2. The van der Waals surface area contributed by atoms with Crippen LogP contribution < -0.4 is 5.73 Å². The maximum absolute atomic E-state index is 12.8. The lowest BCUT2D eigenvalue weighted by molar-refractivity contribution is 0.628. The monoisotopic (exact) mass is 300 g/mol. The Hall–Kier alpha value is -1.85. The van der Waals surface area contributed by atoms with E-state index in [-0.39, 0.29) is 30.6 Å². The molecule has 1 aromatic carbocycles. The van der Waals surface area contributed by atoms with Crippen LogP contribution in [0.25, 0.3) is 17.0 Å². The summed E-state index contributed by atoms with van der Waals surface area (Å²) in [6.45, 7) is 0. The molecule has 19 heavy (non-hydrogen) atoms. The van der Waals surface area contributed by atoms with Gasteiger partial charge in [-0.1, -0.05) is 0 Å². The number of fused-ring (bicyclic) bond motifs is 1. The number of benzene rings is 1. The second kappa shape index (κ2) is 5.86. The zero-order chi connectivity index (χ0) is 11.8. The molecule has 0 spiro atoms. The first kappa shape index (κ1) is 15.2. The zero-order valence-electron chi connectivity index (χ0n) is 9.65. The summed E-state index contributed by atoms with van der Waals surface area (Å²) in [5.41, 5.74) is 7.85. The summed E-state index contributed by atoms with van der Waals surface area (Å²) >= 11 is 0. The number of hydrogen-bond donors (Lipinski definition) is 1. The van der Waals surface area contributed by atoms with Crippen LogP contribution in [0.2, 0.25) is 0 Å². The fraction of sp³-hybridized carbons (Fsp3) is 0. The van der Waals surface area contributed by atoms with Crippen molar-refractivity contribution in [1.29, 1.82) is 0 Å². The van der Waals surface area contributed by atoms with E-state index in [0.29, 0.717) is 17.2 Å². The molecule has 2 heterocycles. The highest BCUT2D eigenvalue weighted by Gasteiger charge is 2.07. The summed E-state index contributed by atoms with van der Waals surface area (Å²) < 4.78 is 14.6. The number of aromatic nitrogens is 3. The molecule has 0 amide bonds. The van der Waals surface area contributed by atoms with Gasteiger partial charge in [0.15, 0.2) is 11.5 Å². The van der Waals surface area contributed by atoms with Gasteiger partial charge < -0.3 is 5.73 Å². The summed E-state index contributed by atoms with van der Waals surface area (Å²) in [6, 6.07) is 9.66. The Labute approximate surface area is 121 Å². The number of nitrogens with two attached hydrogens (primary N) is 1. The van der Waals surface area contributed by atoms with E-state index < -0.39 is 0 Å². The summed E-state index contributed by atoms with van der Waals surface area (Å²) in [6.07, 6.45) is 1.74. The van der Waals surface area contributed by atoms with E-state index in [2.05, 4.69) is 10.2 Å². The molecule has 0 atom stereocenters. The van der Waals surface area contributed by atoms with Crippen molar-refractivity contribution in [2.24, 2.45) is 0 Å². The molecule has 2 N–H and O–H groups in total. The number of halogens is 3. The molecule has 7 heteroatoms. The van der Waals surface area contributed by atoms with Crippen LogP contribution in [-0.4, -0.2) is 14.6 Å². The first-order valence-electron chi connectivity index (χ1n) is 5.10. The maximum atomic E-state index is 12.8. The third-order valence-corrected chi connectivity index (χ3v) is 2.53. The summed E-state index contributed by atoms with van der Waals surface area (Å²) in [4.78, 5) is 0. The molecule has 0 unspecified atom stereocenters. The molecule has 4 nitrogen and oxygen atoms in total. The highest BCUT2D eigenvalue weighted by Crippen LogP contribution is 2.19. The van der Waals surface area contributed by atoms with Crippen molar-refractivity contribution in [2.45, 2.75) is 0 Å². The van der Waals surface area contributed by atoms with Crippen LogP contribution in [0.15, 0.2) is 42.6 Å². The van der Waals surface area contributed by atoms with E-state index in [1.54, 1.807) is 34.9 Å². The molecule has 0 bridgehead atoms. The van der Waals surface area contributed by atoms with Crippen LogP contribution in [0.3, 0.4) is 0 Å². The summed E-state index contributed by atoms with van der Waals surface area (Å²) in [5.74, 6) is 0.370. The van der Waals surface area contributed by atoms with Gasteiger partial charge in [-0.15, -0.1) is 35.0 Å². The molecule has 0 aliphatic heterocycles. The number of pyridine rings is 1. The molecule has 3 aromatic rings. The number of rotatable bonds is 1. The largest absolute Gasteiger partial charge is 0.398 e. The van der Waals surface area contributed by atoms with Gasteiger partial charge in [-0.05, 0) is 36.4 Å². The van der Waals surface area contributed by atoms with Gasteiger partial charge >= 0.3 is 0 Å². The molecule has 0 fully saturated rings. The van der Waals surface area contributed by atoms with Crippen LogP contribution >= 0.6 is 24.8 Å². The van der Waals surface area contributed by atoms with Gasteiger partial charge in [0.1, 0.15) is 5.82 Å². The topological polar surface area (TPSA) is 56.2 Å². The van der Waals surface area contributed by atoms with Crippen LogP contribution in [-0.2, 0) is 0 Å². The van der Waals surface area contributed by atoms with Crippen molar-refractivity contribution in [3.8, 4) is 11.4 Å². The molecular formula is C12H11Cl2FN4. The number of nitrogen functional groups attached to an aromatic ring is 1. The van der Waals surface area contributed by atoms with Gasteiger partial charge in [0.2, 0.25) is 0 Å². The number of nitrogens with zero attached hydrogens (tertiary/aromatic N) is 3. The van der Waals surface area contributed by atoms with E-state index in [1.165, 1.54) is 12.1 Å². The van der Waals surface area contributed by atoms with Gasteiger partial charge in [0.25, 0.3) is 0 Å². The third-order valence-electron chi connectivity index (χ3n) is 2.53. The van der Waals surface area contributed by atoms with Gasteiger partial charge in [0.05, 0.1) is 0 Å². The average molecular weight is 301 g/mol. The molecule has 0 saturated carbocycles. The molecule has 2 aromatic heterocycles. The number of anilines is 1. The summed E-state index contributed by atoms with van der Waals surface area (Å²) in [7, 11) is 0. The van der Waals surface area contributed by atoms with E-state index in [9.17, 15) is 4.39 Å². The molecule has 0 radical (unpaired) electrons. The normalized spacial score (nSPS) is 9.74. The van der Waals surface area contributed by atoms with Gasteiger partial charge in [-0.25, -0.2) is 4.39 Å². The second-order valence-electron chi connectivity index (χ2n) is 3.72. The van der Waals surface area contributed by atoms with Crippen molar-refractivity contribution >= 4 is 36.1 Å². The lowest BCUT2D eigenvalue weighted by Crippen LogP contribution is -1.92. The quantitative estimate of drug-likeness (QED) is 0.752. The Morgan fingerprint density at radius 3 is 2.32 bits per heavy atom. The molecule has 0 aliphatic carbocycles. The molecule has 100 valence electrons. The second-order valence-corrected chi connectivity index (χ2v) is 3.72. The maximum Gasteiger partial charge on any atom is 0.168 e. The zero-order valence-corrected chi connectivity index (χ0v) is 11.3. The van der Waals surface area contributed by atoms with Crippen LogP contribution in [0.1, 0.15) is 0 Å². The fourth-order valence-electron chi connectivity index (χ4n) is 1.70. The minimum Gasteiger partial charge on any atom is -0.398 e. The first-order chi connectivity index (χ1) is 8.24. The van der Waals surface area contributed by atoms with Crippen molar-refractivity contribution in [3.05, 3.63) is 48.4 Å². The highest BCUT2D eigenvalue weighted by atomic mass is 35.5. The Balaban J connectivity index is 0.000000902. The molecule has 3 rings (SSSR count). The minimum absolute atomic E-state index is 0. The molecular weight excluding hydrogens is 290 g/mol. The lowest BCUT2D eigenvalue weighted by Gasteiger charge is -2.00. The Bertz CT molecular complexity index is 682.